The van der Waals surface area contributed by atoms with Crippen LogP contribution in [0, 0.1) is 5.82 Å². The minimum atomic E-state index is -0.590. The molecule has 0 fully saturated rings. The van der Waals surface area contributed by atoms with E-state index >= 15 is 0 Å². The van der Waals surface area contributed by atoms with Gasteiger partial charge in [0.15, 0.2) is 5.76 Å². The van der Waals surface area contributed by atoms with Crippen molar-refractivity contribution in [3.8, 4) is 0 Å². The number of hydrogen-bond donors (Lipinski definition) is 1. The van der Waals surface area contributed by atoms with Crippen molar-refractivity contribution in [1.82, 2.24) is 0 Å². The molecule has 0 aliphatic heterocycles. The predicted octanol–water partition coefficient (Wildman–Crippen LogP) is 3.39. The Morgan fingerprint density at radius 2 is 1.74 bits per heavy atom. The normalized spacial score (nSPS) is 10.8. The highest BCUT2D eigenvalue weighted by atomic mass is 19.1. The van der Waals surface area contributed by atoms with Crippen LogP contribution in [0.3, 0.4) is 0 Å². The molecule has 3 aromatic rings. The van der Waals surface area contributed by atoms with Crippen LogP contribution in [0.4, 0.5) is 10.1 Å². The number of benzene rings is 2. The number of fused-ring (bicyclic) bond motifs is 1. The van der Waals surface area contributed by atoms with Crippen LogP contribution in [-0.2, 0) is 0 Å². The number of rotatable bonds is 2. The third-order valence-electron chi connectivity index (χ3n) is 2.96. The highest BCUT2D eigenvalue weighted by Crippen LogP contribution is 2.30. The quantitative estimate of drug-likeness (QED) is 0.714. The maximum Gasteiger partial charge on any atom is 0.233 e. The maximum atomic E-state index is 13.6. The zero-order valence-electron chi connectivity index (χ0n) is 9.89. The second-order valence-electron chi connectivity index (χ2n) is 4.15. The van der Waals surface area contributed by atoms with Crippen LogP contribution in [0.25, 0.3) is 11.0 Å². The molecule has 4 heteroatoms. The van der Waals surface area contributed by atoms with E-state index in [1.54, 1.807) is 30.3 Å². The largest absolute Gasteiger partial charge is 0.450 e. The molecule has 3 nitrogen and oxygen atoms in total. The first-order valence-corrected chi connectivity index (χ1v) is 5.74. The van der Waals surface area contributed by atoms with Gasteiger partial charge in [0.25, 0.3) is 0 Å². The van der Waals surface area contributed by atoms with Gasteiger partial charge in [-0.3, -0.25) is 4.79 Å². The molecule has 1 aromatic heterocycles. The Balaban J connectivity index is 2.17. The van der Waals surface area contributed by atoms with Gasteiger partial charge >= 0.3 is 0 Å². The van der Waals surface area contributed by atoms with Crippen LogP contribution < -0.4 is 5.73 Å². The predicted molar refractivity (Wildman–Crippen MR) is 70.5 cm³/mol. The van der Waals surface area contributed by atoms with E-state index in [4.69, 9.17) is 10.2 Å². The first kappa shape index (κ1) is 11.5. The lowest BCUT2D eigenvalue weighted by atomic mass is 10.1. The lowest BCUT2D eigenvalue weighted by molar-refractivity contribution is 0.101. The zero-order chi connectivity index (χ0) is 13.4. The summed E-state index contributed by atoms with van der Waals surface area (Å²) in [7, 11) is 0. The van der Waals surface area contributed by atoms with Gasteiger partial charge in [-0.25, -0.2) is 4.39 Å². The molecule has 1 heterocycles. The molecule has 0 aliphatic carbocycles. The Kier molecular flexibility index (Phi) is 2.56. The van der Waals surface area contributed by atoms with Crippen molar-refractivity contribution in [1.29, 1.82) is 0 Å². The minimum Gasteiger partial charge on any atom is -0.450 e. The minimum absolute atomic E-state index is 0.0219. The number of nitrogens with two attached hydrogens (primary N) is 1. The standard InChI is InChI=1S/C15H10FNO2/c16-11-7-3-1-5-9(11)14(18)15-13(17)10-6-2-4-8-12(10)19-15/h1-8H,17H2. The van der Waals surface area contributed by atoms with Crippen LogP contribution in [0.15, 0.2) is 52.9 Å². The molecule has 0 amide bonds. The first-order valence-electron chi connectivity index (χ1n) is 5.74. The zero-order valence-corrected chi connectivity index (χ0v) is 9.89. The fourth-order valence-electron chi connectivity index (χ4n) is 2.00. The first-order chi connectivity index (χ1) is 9.18. The Hall–Kier alpha value is -2.62. The van der Waals surface area contributed by atoms with E-state index in [-0.39, 0.29) is 17.0 Å². The number of nitrogen functional groups attached to an aromatic ring is 1. The molecule has 2 N–H and O–H groups in total. The van der Waals surface area contributed by atoms with E-state index in [9.17, 15) is 9.18 Å². The molecule has 2 aromatic carbocycles. The summed E-state index contributed by atoms with van der Waals surface area (Å²) in [4.78, 5) is 12.2. The third kappa shape index (κ3) is 1.78. The number of carbonyl (C=O) groups is 1. The van der Waals surface area contributed by atoms with Crippen LogP contribution in [-0.4, -0.2) is 5.78 Å². The molecule has 3 rings (SSSR count). The van der Waals surface area contributed by atoms with E-state index in [1.165, 1.54) is 18.2 Å². The van der Waals surface area contributed by atoms with Crippen molar-refractivity contribution >= 4 is 22.4 Å². The smallest absolute Gasteiger partial charge is 0.233 e. The Labute approximate surface area is 108 Å². The summed E-state index contributed by atoms with van der Waals surface area (Å²) in [5.74, 6) is -1.16. The second-order valence-corrected chi connectivity index (χ2v) is 4.15. The van der Waals surface area contributed by atoms with Crippen LogP contribution in [0.1, 0.15) is 16.1 Å². The van der Waals surface area contributed by atoms with E-state index in [1.807, 2.05) is 0 Å². The number of halogens is 1. The topological polar surface area (TPSA) is 56.2 Å². The monoisotopic (exact) mass is 255 g/mol. The lowest BCUT2D eigenvalue weighted by Crippen LogP contribution is -2.05. The summed E-state index contributed by atoms with van der Waals surface area (Å²) in [5.41, 5.74) is 6.60. The lowest BCUT2D eigenvalue weighted by Gasteiger charge is -2.00. The summed E-state index contributed by atoms with van der Waals surface area (Å²) >= 11 is 0. The molecule has 0 spiro atoms. The number of anilines is 1. The fourth-order valence-corrected chi connectivity index (χ4v) is 2.00. The fraction of sp³-hybridized carbons (Fsp3) is 0. The second kappa shape index (κ2) is 4.24. The molecular weight excluding hydrogens is 245 g/mol. The highest BCUT2D eigenvalue weighted by molar-refractivity contribution is 6.14. The summed E-state index contributed by atoms with van der Waals surface area (Å²) in [6.45, 7) is 0. The van der Waals surface area contributed by atoms with Crippen molar-refractivity contribution in [2.75, 3.05) is 5.73 Å². The molecule has 0 atom stereocenters. The molecule has 0 unspecified atom stereocenters. The highest BCUT2D eigenvalue weighted by Gasteiger charge is 2.21. The molecule has 0 radical (unpaired) electrons. The maximum absolute atomic E-state index is 13.6. The van der Waals surface area contributed by atoms with Crippen LogP contribution in [0.5, 0.6) is 0 Å². The van der Waals surface area contributed by atoms with Crippen molar-refractivity contribution in [3.63, 3.8) is 0 Å². The molecule has 0 saturated carbocycles. The van der Waals surface area contributed by atoms with Crippen molar-refractivity contribution in [2.24, 2.45) is 0 Å². The molecule has 0 aliphatic rings. The molecule has 19 heavy (non-hydrogen) atoms. The van der Waals surface area contributed by atoms with Gasteiger partial charge < -0.3 is 10.2 Å². The van der Waals surface area contributed by atoms with Crippen LogP contribution in [0.2, 0.25) is 0 Å². The van der Waals surface area contributed by atoms with E-state index < -0.39 is 11.6 Å². The number of ketones is 1. The van der Waals surface area contributed by atoms with E-state index in [2.05, 4.69) is 0 Å². The number of furan rings is 1. The van der Waals surface area contributed by atoms with Crippen molar-refractivity contribution in [3.05, 3.63) is 65.7 Å². The Bertz CT molecular complexity index is 777. The van der Waals surface area contributed by atoms with Gasteiger partial charge in [-0.05, 0) is 24.3 Å². The van der Waals surface area contributed by atoms with Gasteiger partial charge in [-0.15, -0.1) is 0 Å². The van der Waals surface area contributed by atoms with Gasteiger partial charge in [0.1, 0.15) is 11.4 Å². The molecule has 0 saturated heterocycles. The van der Waals surface area contributed by atoms with E-state index in [0.29, 0.717) is 11.0 Å². The van der Waals surface area contributed by atoms with Crippen molar-refractivity contribution in [2.45, 2.75) is 0 Å². The summed E-state index contributed by atoms with van der Waals surface area (Å²) in [6.07, 6.45) is 0. The number of para-hydroxylation sites is 1. The average Bonchev–Trinajstić information content (AvgIpc) is 2.77. The van der Waals surface area contributed by atoms with Gasteiger partial charge in [0, 0.05) is 5.39 Å². The summed E-state index contributed by atoms with van der Waals surface area (Å²) < 4.78 is 19.0. The van der Waals surface area contributed by atoms with Crippen LogP contribution >= 0.6 is 0 Å². The molecular formula is C15H10FNO2. The average molecular weight is 255 g/mol. The number of hydrogen-bond acceptors (Lipinski definition) is 3. The van der Waals surface area contributed by atoms with Gasteiger partial charge in [-0.2, -0.15) is 0 Å². The summed E-state index contributed by atoms with van der Waals surface area (Å²) in [5, 5.41) is 0.655. The van der Waals surface area contributed by atoms with Gasteiger partial charge in [0.2, 0.25) is 5.78 Å². The summed E-state index contributed by atoms with van der Waals surface area (Å²) in [6, 6.07) is 12.8. The van der Waals surface area contributed by atoms with Crippen molar-refractivity contribution < 1.29 is 13.6 Å². The molecule has 0 bridgehead atoms. The third-order valence-corrected chi connectivity index (χ3v) is 2.96. The van der Waals surface area contributed by atoms with Gasteiger partial charge in [0.05, 0.1) is 11.3 Å². The van der Waals surface area contributed by atoms with E-state index in [0.717, 1.165) is 0 Å². The number of carbonyl (C=O) groups excluding carboxylic acids is 1. The Morgan fingerprint density at radius 1 is 1.05 bits per heavy atom. The molecule has 94 valence electrons. The SMILES string of the molecule is Nc1c(C(=O)c2ccccc2F)oc2ccccc12. The Morgan fingerprint density at radius 3 is 2.47 bits per heavy atom. The van der Waals surface area contributed by atoms with Gasteiger partial charge in [-0.1, -0.05) is 24.3 Å².